The number of sulfone groups is 1. The lowest BCUT2D eigenvalue weighted by Crippen LogP contribution is -2.44. The molecule has 0 bridgehead atoms. The zero-order valence-electron chi connectivity index (χ0n) is 17.2. The molecule has 2 N–H and O–H groups in total. The molecule has 8 heteroatoms. The number of aromatic nitrogens is 3. The fourth-order valence-electron chi connectivity index (χ4n) is 4.43. The molecule has 0 amide bonds. The van der Waals surface area contributed by atoms with Crippen LogP contribution in [-0.4, -0.2) is 17.8 Å². The van der Waals surface area contributed by atoms with Gasteiger partial charge in [-0.3, -0.25) is 9.20 Å². The molecular weight excluding hydrogens is 412 g/mol. The number of aryl methyl sites for hydroxylation is 1. The van der Waals surface area contributed by atoms with Crippen molar-refractivity contribution in [2.75, 3.05) is 5.73 Å². The van der Waals surface area contributed by atoms with Crippen molar-refractivity contribution < 1.29 is 13.0 Å². The molecule has 0 atom stereocenters. The molecule has 0 unspecified atom stereocenters. The van der Waals surface area contributed by atoms with Crippen LogP contribution < -0.4 is 15.9 Å². The molecule has 4 aromatic rings. The predicted octanol–water partition coefficient (Wildman–Crippen LogP) is 2.97. The summed E-state index contributed by atoms with van der Waals surface area (Å²) < 4.78 is 30.3. The van der Waals surface area contributed by atoms with Gasteiger partial charge >= 0.3 is 0 Å². The van der Waals surface area contributed by atoms with Crippen LogP contribution in [0.2, 0.25) is 0 Å². The Hall–Kier alpha value is -3.26. The van der Waals surface area contributed by atoms with Crippen LogP contribution in [0.1, 0.15) is 37.3 Å². The van der Waals surface area contributed by atoms with Crippen molar-refractivity contribution in [1.29, 1.82) is 0 Å². The van der Waals surface area contributed by atoms with Gasteiger partial charge in [0.15, 0.2) is 0 Å². The molecule has 1 aliphatic carbocycles. The average molecular weight is 436 g/mol. The third-order valence-electron chi connectivity index (χ3n) is 6.08. The van der Waals surface area contributed by atoms with Crippen LogP contribution in [-0.2, 0) is 9.84 Å². The van der Waals surface area contributed by atoms with Crippen LogP contribution in [0.3, 0.4) is 0 Å². The number of pyridine rings is 2. The predicted molar refractivity (Wildman–Crippen MR) is 118 cm³/mol. The van der Waals surface area contributed by atoms with Crippen LogP contribution in [0.15, 0.2) is 69.3 Å². The number of nitrogens with two attached hydrogens (primary N) is 1. The first-order valence-electron chi connectivity index (χ1n) is 10.3. The zero-order valence-corrected chi connectivity index (χ0v) is 18.0. The summed E-state index contributed by atoms with van der Waals surface area (Å²) in [5.41, 5.74) is 8.09. The van der Waals surface area contributed by atoms with Crippen LogP contribution in [0.25, 0.3) is 16.7 Å². The molecule has 0 aliphatic heterocycles. The van der Waals surface area contributed by atoms with Gasteiger partial charge in [0.1, 0.15) is 10.3 Å². The Bertz CT molecular complexity index is 1490. The molecule has 0 saturated heterocycles. The van der Waals surface area contributed by atoms with Crippen LogP contribution in [0, 0.1) is 6.92 Å². The Balaban J connectivity index is 1.89. The summed E-state index contributed by atoms with van der Waals surface area (Å²) in [5, 5.41) is 0.246. The Morgan fingerprint density at radius 2 is 1.81 bits per heavy atom. The lowest BCUT2D eigenvalue weighted by atomic mass is 10.2. The Labute approximate surface area is 179 Å². The van der Waals surface area contributed by atoms with Crippen LogP contribution >= 0.6 is 0 Å². The lowest BCUT2D eigenvalue weighted by molar-refractivity contribution is -0.686. The molecule has 0 radical (unpaired) electrons. The number of hydrogen-bond donors (Lipinski definition) is 1. The van der Waals surface area contributed by atoms with Crippen molar-refractivity contribution >= 4 is 32.3 Å². The van der Waals surface area contributed by atoms with Crippen molar-refractivity contribution in [2.45, 2.75) is 48.4 Å². The van der Waals surface area contributed by atoms with Crippen molar-refractivity contribution in [1.82, 2.24) is 9.38 Å². The van der Waals surface area contributed by atoms with E-state index in [2.05, 4.69) is 0 Å². The highest BCUT2D eigenvalue weighted by molar-refractivity contribution is 7.91. The minimum absolute atomic E-state index is 0.00808. The van der Waals surface area contributed by atoms with Gasteiger partial charge in [-0.2, -0.15) is 0 Å². The highest BCUT2D eigenvalue weighted by Gasteiger charge is 2.33. The number of nitrogens with zero attached hydrogens (tertiary/aromatic N) is 3. The molecular formula is C23H23N4O3S+. The second-order valence-corrected chi connectivity index (χ2v) is 10.0. The fraction of sp³-hybridized carbons (Fsp3) is 0.261. The molecule has 1 fully saturated rings. The number of benzene rings is 1. The van der Waals surface area contributed by atoms with E-state index in [1.807, 2.05) is 13.0 Å². The van der Waals surface area contributed by atoms with E-state index in [9.17, 15) is 13.2 Å². The van der Waals surface area contributed by atoms with Crippen LogP contribution in [0.5, 0.6) is 0 Å². The van der Waals surface area contributed by atoms with Gasteiger partial charge in [0, 0.05) is 6.20 Å². The molecule has 0 spiro atoms. The summed E-state index contributed by atoms with van der Waals surface area (Å²) in [6, 6.07) is 13.3. The van der Waals surface area contributed by atoms with Gasteiger partial charge in [0.25, 0.3) is 11.2 Å². The van der Waals surface area contributed by atoms with E-state index in [1.54, 1.807) is 47.2 Å². The molecule has 7 nitrogen and oxygen atoms in total. The van der Waals surface area contributed by atoms with Crippen molar-refractivity contribution in [3.8, 4) is 0 Å². The van der Waals surface area contributed by atoms with E-state index >= 15 is 0 Å². The van der Waals surface area contributed by atoms with Gasteiger partial charge < -0.3 is 5.73 Å². The Morgan fingerprint density at radius 3 is 2.52 bits per heavy atom. The maximum atomic E-state index is 13.5. The first-order chi connectivity index (χ1) is 14.9. The van der Waals surface area contributed by atoms with Crippen LogP contribution in [0.4, 0.5) is 5.82 Å². The number of fused-ring (bicyclic) bond motifs is 2. The summed E-state index contributed by atoms with van der Waals surface area (Å²) in [5.74, 6) is 0.132. The topological polar surface area (TPSA) is 98.4 Å². The number of nitrogen functional groups attached to an aromatic ring is 1. The number of anilines is 1. The second kappa shape index (κ2) is 7.16. The van der Waals surface area contributed by atoms with E-state index < -0.39 is 9.84 Å². The molecule has 1 aromatic carbocycles. The molecule has 3 heterocycles. The monoisotopic (exact) mass is 435 g/mol. The normalized spacial score (nSPS) is 15.1. The Kier molecular flexibility index (Phi) is 4.55. The van der Waals surface area contributed by atoms with Crippen molar-refractivity contribution in [3.63, 3.8) is 0 Å². The van der Waals surface area contributed by atoms with E-state index in [0.29, 0.717) is 11.3 Å². The van der Waals surface area contributed by atoms with E-state index in [4.69, 9.17) is 10.7 Å². The maximum Gasteiger partial charge on any atom is 0.278 e. The average Bonchev–Trinajstić information content (AvgIpc) is 3.28. The van der Waals surface area contributed by atoms with Crippen molar-refractivity contribution in [3.05, 3.63) is 70.6 Å². The highest BCUT2D eigenvalue weighted by atomic mass is 32.2. The highest BCUT2D eigenvalue weighted by Crippen LogP contribution is 2.31. The van der Waals surface area contributed by atoms with E-state index in [-0.39, 0.29) is 32.6 Å². The second-order valence-electron chi connectivity index (χ2n) is 8.10. The van der Waals surface area contributed by atoms with Gasteiger partial charge in [-0.25, -0.2) is 13.0 Å². The van der Waals surface area contributed by atoms with E-state index in [0.717, 1.165) is 31.2 Å². The zero-order chi connectivity index (χ0) is 21.8. The first kappa shape index (κ1) is 19.7. The summed E-state index contributed by atoms with van der Waals surface area (Å²) in [4.78, 5) is 18.1. The standard InChI is InChI=1S/C23H22N4O3S/c1-15-9-11-17(12-10-15)31(29,30)19-14-18-22(27(21(19)24)16-6-2-3-7-16)25-20-8-4-5-13-26(20)23(18)28/h4-5,8-14,16,24H,2-3,6-7H2,1H3/p+1. The first-order valence-corrected chi connectivity index (χ1v) is 11.8. The third kappa shape index (κ3) is 3.09. The fourth-order valence-corrected chi connectivity index (χ4v) is 5.83. The summed E-state index contributed by atoms with van der Waals surface area (Å²) in [6.45, 7) is 1.90. The number of rotatable bonds is 3. The van der Waals surface area contributed by atoms with Gasteiger partial charge in [0.05, 0.1) is 10.9 Å². The summed E-state index contributed by atoms with van der Waals surface area (Å²) >= 11 is 0. The minimum Gasteiger partial charge on any atom is -0.317 e. The van der Waals surface area contributed by atoms with Crippen molar-refractivity contribution in [2.24, 2.45) is 0 Å². The SMILES string of the molecule is Cc1ccc(S(=O)(=O)c2cc3c(=O)n4ccccc4nc3[n+](C3CCCC3)c2N)cc1. The largest absolute Gasteiger partial charge is 0.317 e. The quantitative estimate of drug-likeness (QED) is 0.394. The van der Waals surface area contributed by atoms with E-state index in [1.165, 1.54) is 10.5 Å². The minimum atomic E-state index is -3.92. The molecule has 3 aromatic heterocycles. The third-order valence-corrected chi connectivity index (χ3v) is 7.87. The Morgan fingerprint density at radius 1 is 1.10 bits per heavy atom. The number of hydrogen-bond acceptors (Lipinski definition) is 5. The van der Waals surface area contributed by atoms with Gasteiger partial charge in [-0.15, -0.1) is 0 Å². The summed E-state index contributed by atoms with van der Waals surface area (Å²) in [7, 11) is -3.92. The summed E-state index contributed by atoms with van der Waals surface area (Å²) in [6.07, 6.45) is 5.43. The van der Waals surface area contributed by atoms with Gasteiger partial charge in [-0.05, 0) is 62.9 Å². The van der Waals surface area contributed by atoms with Gasteiger partial charge in [0.2, 0.25) is 21.3 Å². The molecule has 158 valence electrons. The molecule has 1 aliphatic rings. The smallest absolute Gasteiger partial charge is 0.278 e. The maximum absolute atomic E-state index is 13.5. The van der Waals surface area contributed by atoms with Gasteiger partial charge in [-0.1, -0.05) is 28.7 Å². The molecule has 1 saturated carbocycles. The molecule has 31 heavy (non-hydrogen) atoms. The molecule has 5 rings (SSSR count). The lowest BCUT2D eigenvalue weighted by Gasteiger charge is -2.17.